The second kappa shape index (κ2) is 5.51. The topological polar surface area (TPSA) is 78.3 Å². The molecule has 0 saturated heterocycles. The molecule has 0 heterocycles. The summed E-state index contributed by atoms with van der Waals surface area (Å²) in [5.74, 6) is 0.334. The molecule has 0 radical (unpaired) electrons. The first kappa shape index (κ1) is 12.5. The molecule has 1 unspecified atom stereocenters. The average Bonchev–Trinajstić information content (AvgIpc) is 2.24. The normalized spacial score (nSPS) is 12.2. The summed E-state index contributed by atoms with van der Waals surface area (Å²) in [5.41, 5.74) is 12.8. The highest BCUT2D eigenvalue weighted by Crippen LogP contribution is 2.20. The number of aryl methyl sites for hydroxylation is 1. The van der Waals surface area contributed by atoms with Crippen molar-refractivity contribution in [1.82, 2.24) is 0 Å². The molecule has 16 heavy (non-hydrogen) atoms. The molecule has 4 N–H and O–H groups in total. The monoisotopic (exact) mass is 222 g/mol. The molecule has 1 atom stereocenters. The fraction of sp³-hybridized carbons (Fsp3) is 0.417. The molecule has 0 saturated carbocycles. The third-order valence-electron chi connectivity index (χ3n) is 2.61. The minimum Gasteiger partial charge on any atom is -0.493 e. The standard InChI is InChI=1S/C12H18N2O2/c1-8-4-3-5-11(9(8)2)16-7-6-10(13)12(14)15/h3-5,10H,6-7,13H2,1-2H3,(H2,14,15). The van der Waals surface area contributed by atoms with Crippen LogP contribution >= 0.6 is 0 Å². The molecule has 0 aliphatic rings. The van der Waals surface area contributed by atoms with Crippen molar-refractivity contribution in [1.29, 1.82) is 0 Å². The Bertz CT molecular complexity index is 377. The third kappa shape index (κ3) is 3.24. The van der Waals surface area contributed by atoms with Gasteiger partial charge in [-0.05, 0) is 31.0 Å². The summed E-state index contributed by atoms with van der Waals surface area (Å²) in [7, 11) is 0. The lowest BCUT2D eigenvalue weighted by atomic mass is 10.1. The van der Waals surface area contributed by atoms with Gasteiger partial charge in [-0.15, -0.1) is 0 Å². The number of primary amides is 1. The summed E-state index contributed by atoms with van der Waals surface area (Å²) in [5, 5.41) is 0. The van der Waals surface area contributed by atoms with Gasteiger partial charge < -0.3 is 16.2 Å². The Hall–Kier alpha value is -1.55. The Kier molecular flexibility index (Phi) is 4.31. The lowest BCUT2D eigenvalue weighted by Gasteiger charge is -2.12. The number of amides is 1. The van der Waals surface area contributed by atoms with Crippen LogP contribution in [0.3, 0.4) is 0 Å². The van der Waals surface area contributed by atoms with E-state index in [-0.39, 0.29) is 0 Å². The van der Waals surface area contributed by atoms with Crippen molar-refractivity contribution in [2.45, 2.75) is 26.3 Å². The Labute approximate surface area is 95.6 Å². The van der Waals surface area contributed by atoms with E-state index in [0.717, 1.165) is 11.3 Å². The summed E-state index contributed by atoms with van der Waals surface area (Å²) >= 11 is 0. The molecule has 0 spiro atoms. The number of ether oxygens (including phenoxy) is 1. The maximum atomic E-state index is 10.7. The van der Waals surface area contributed by atoms with Crippen LogP contribution in [0.15, 0.2) is 18.2 Å². The van der Waals surface area contributed by atoms with Crippen LogP contribution in [0, 0.1) is 13.8 Å². The zero-order valence-corrected chi connectivity index (χ0v) is 9.69. The molecule has 0 aliphatic heterocycles. The maximum Gasteiger partial charge on any atom is 0.234 e. The SMILES string of the molecule is Cc1cccc(OCCC(N)C(N)=O)c1C. The predicted octanol–water partition coefficient (Wildman–Crippen LogP) is 0.885. The van der Waals surface area contributed by atoms with E-state index < -0.39 is 11.9 Å². The molecule has 4 heteroatoms. The highest BCUT2D eigenvalue weighted by molar-refractivity contribution is 5.79. The van der Waals surface area contributed by atoms with Crippen LogP contribution in [0.4, 0.5) is 0 Å². The fourth-order valence-corrected chi connectivity index (χ4v) is 1.32. The maximum absolute atomic E-state index is 10.7. The molecule has 1 aromatic rings. The lowest BCUT2D eigenvalue weighted by molar-refractivity contribution is -0.119. The van der Waals surface area contributed by atoms with Crippen molar-refractivity contribution in [3.8, 4) is 5.75 Å². The van der Waals surface area contributed by atoms with Crippen LogP contribution in [0.25, 0.3) is 0 Å². The second-order valence-electron chi connectivity index (χ2n) is 3.84. The molecule has 1 aromatic carbocycles. The zero-order valence-electron chi connectivity index (χ0n) is 9.69. The molecular formula is C12H18N2O2. The van der Waals surface area contributed by atoms with Crippen molar-refractivity contribution in [3.05, 3.63) is 29.3 Å². The van der Waals surface area contributed by atoms with Crippen molar-refractivity contribution in [3.63, 3.8) is 0 Å². The fourth-order valence-electron chi connectivity index (χ4n) is 1.32. The second-order valence-corrected chi connectivity index (χ2v) is 3.84. The van der Waals surface area contributed by atoms with Crippen molar-refractivity contribution < 1.29 is 9.53 Å². The number of hydrogen-bond acceptors (Lipinski definition) is 3. The van der Waals surface area contributed by atoms with E-state index in [0.29, 0.717) is 13.0 Å². The first-order chi connectivity index (χ1) is 7.52. The number of nitrogens with two attached hydrogens (primary N) is 2. The largest absolute Gasteiger partial charge is 0.493 e. The van der Waals surface area contributed by atoms with Gasteiger partial charge in [0.05, 0.1) is 12.6 Å². The Balaban J connectivity index is 2.49. The van der Waals surface area contributed by atoms with Crippen molar-refractivity contribution in [2.75, 3.05) is 6.61 Å². The van der Waals surface area contributed by atoms with Crippen molar-refractivity contribution in [2.24, 2.45) is 11.5 Å². The third-order valence-corrected chi connectivity index (χ3v) is 2.61. The zero-order chi connectivity index (χ0) is 12.1. The van der Waals surface area contributed by atoms with Crippen LogP contribution in [-0.4, -0.2) is 18.6 Å². The minimum absolute atomic E-state index is 0.397. The summed E-state index contributed by atoms with van der Waals surface area (Å²) in [6, 6.07) is 5.23. The van der Waals surface area contributed by atoms with E-state index in [9.17, 15) is 4.79 Å². The number of hydrogen-bond donors (Lipinski definition) is 2. The van der Waals surface area contributed by atoms with Crippen molar-refractivity contribution >= 4 is 5.91 Å². The quantitative estimate of drug-likeness (QED) is 0.776. The van der Waals surface area contributed by atoms with Gasteiger partial charge in [0, 0.05) is 6.42 Å². The average molecular weight is 222 g/mol. The van der Waals surface area contributed by atoms with Crippen LogP contribution in [0.5, 0.6) is 5.75 Å². The summed E-state index contributed by atoms with van der Waals surface area (Å²) < 4.78 is 5.55. The van der Waals surface area contributed by atoms with Gasteiger partial charge in [0.2, 0.25) is 5.91 Å². The predicted molar refractivity (Wildman–Crippen MR) is 63.2 cm³/mol. The first-order valence-electron chi connectivity index (χ1n) is 5.26. The van der Waals surface area contributed by atoms with Gasteiger partial charge in [-0.25, -0.2) is 0 Å². The number of benzene rings is 1. The minimum atomic E-state index is -0.634. The Morgan fingerprint density at radius 3 is 2.75 bits per heavy atom. The van der Waals surface area contributed by atoms with E-state index in [2.05, 4.69) is 0 Å². The molecule has 1 amide bonds. The summed E-state index contributed by atoms with van der Waals surface area (Å²) in [4.78, 5) is 10.7. The van der Waals surface area contributed by atoms with Gasteiger partial charge in [-0.3, -0.25) is 4.79 Å². The number of carbonyl (C=O) groups excluding carboxylic acids is 1. The van der Waals surface area contributed by atoms with E-state index in [1.165, 1.54) is 5.56 Å². The molecule has 88 valence electrons. The summed E-state index contributed by atoms with van der Waals surface area (Å²) in [6.45, 7) is 4.42. The molecule has 1 rings (SSSR count). The first-order valence-corrected chi connectivity index (χ1v) is 5.26. The summed E-state index contributed by atoms with van der Waals surface area (Å²) in [6.07, 6.45) is 0.433. The smallest absolute Gasteiger partial charge is 0.234 e. The molecule has 4 nitrogen and oxygen atoms in total. The van der Waals surface area contributed by atoms with Gasteiger partial charge in [0.25, 0.3) is 0 Å². The van der Waals surface area contributed by atoms with Gasteiger partial charge >= 0.3 is 0 Å². The van der Waals surface area contributed by atoms with Gasteiger partial charge in [-0.1, -0.05) is 12.1 Å². The molecule has 0 aromatic heterocycles. The van der Waals surface area contributed by atoms with Gasteiger partial charge in [0.15, 0.2) is 0 Å². The molecule has 0 aliphatic carbocycles. The number of rotatable bonds is 5. The molecular weight excluding hydrogens is 204 g/mol. The van der Waals surface area contributed by atoms with E-state index in [1.807, 2.05) is 32.0 Å². The van der Waals surface area contributed by atoms with E-state index in [1.54, 1.807) is 0 Å². The molecule has 0 bridgehead atoms. The lowest BCUT2D eigenvalue weighted by Crippen LogP contribution is -2.37. The number of carbonyl (C=O) groups is 1. The van der Waals surface area contributed by atoms with Crippen LogP contribution in [0.2, 0.25) is 0 Å². The van der Waals surface area contributed by atoms with E-state index in [4.69, 9.17) is 16.2 Å². The van der Waals surface area contributed by atoms with Gasteiger partial charge in [0.1, 0.15) is 5.75 Å². The van der Waals surface area contributed by atoms with E-state index >= 15 is 0 Å². The van der Waals surface area contributed by atoms with Gasteiger partial charge in [-0.2, -0.15) is 0 Å². The van der Waals surface area contributed by atoms with Crippen LogP contribution in [-0.2, 0) is 4.79 Å². The van der Waals surface area contributed by atoms with Crippen LogP contribution < -0.4 is 16.2 Å². The Morgan fingerprint density at radius 1 is 1.44 bits per heavy atom. The Morgan fingerprint density at radius 2 is 2.12 bits per heavy atom. The highest BCUT2D eigenvalue weighted by Gasteiger charge is 2.09. The highest BCUT2D eigenvalue weighted by atomic mass is 16.5. The molecule has 0 fully saturated rings. The van der Waals surface area contributed by atoms with Crippen LogP contribution in [0.1, 0.15) is 17.5 Å².